The van der Waals surface area contributed by atoms with E-state index in [-0.39, 0.29) is 5.71 Å². The van der Waals surface area contributed by atoms with E-state index in [0.29, 0.717) is 12.0 Å². The van der Waals surface area contributed by atoms with E-state index < -0.39 is 11.5 Å². The molecular weight excluding hydrogens is 242 g/mol. The summed E-state index contributed by atoms with van der Waals surface area (Å²) in [4.78, 5) is 30.9. The van der Waals surface area contributed by atoms with Crippen molar-refractivity contribution < 1.29 is 14.4 Å². The summed E-state index contributed by atoms with van der Waals surface area (Å²) in [6.07, 6.45) is 0.585. The highest BCUT2D eigenvalue weighted by atomic mass is 32.1. The molecule has 0 spiro atoms. The van der Waals surface area contributed by atoms with E-state index in [1.807, 2.05) is 0 Å². The molecule has 0 radical (unpaired) electrons. The summed E-state index contributed by atoms with van der Waals surface area (Å²) in [5, 5.41) is 6.03. The second-order valence-electron chi connectivity index (χ2n) is 3.87. The molecule has 2 N–H and O–H groups in total. The lowest BCUT2D eigenvalue weighted by atomic mass is 10.2. The molecule has 17 heavy (non-hydrogen) atoms. The van der Waals surface area contributed by atoms with Gasteiger partial charge in [-0.1, -0.05) is 5.16 Å². The van der Waals surface area contributed by atoms with E-state index in [9.17, 15) is 9.59 Å². The Morgan fingerprint density at radius 2 is 2.29 bits per heavy atom. The lowest BCUT2D eigenvalue weighted by Gasteiger charge is -2.14. The van der Waals surface area contributed by atoms with E-state index >= 15 is 0 Å². The number of carbonyl (C=O) groups is 2. The molecule has 0 aromatic carbocycles. The predicted molar refractivity (Wildman–Crippen MR) is 63.8 cm³/mol. The van der Waals surface area contributed by atoms with Crippen LogP contribution in [0.5, 0.6) is 0 Å². The molecule has 0 bridgehead atoms. The number of carbonyl (C=O) groups excluding carboxylic acids is 2. The van der Waals surface area contributed by atoms with Crippen LogP contribution >= 0.6 is 11.3 Å². The third kappa shape index (κ3) is 3.63. The van der Waals surface area contributed by atoms with Crippen LogP contribution in [-0.4, -0.2) is 28.5 Å². The Labute approximate surface area is 102 Å². The Bertz CT molecular complexity index is 465. The molecule has 92 valence electrons. The fourth-order valence-electron chi connectivity index (χ4n) is 0.875. The normalized spacial score (nSPS) is 12.3. The number of aryl methyl sites for hydroxylation is 1. The molecule has 6 nitrogen and oxygen atoms in total. The number of rotatable bonds is 5. The first kappa shape index (κ1) is 13.3. The molecule has 0 aliphatic rings. The third-order valence-electron chi connectivity index (χ3n) is 1.75. The standard InChI is InChI=1S/C10H13N3O3S/c1-6-12-7(4-17-6)8(9(11)15)13-16-10(2,3)5-14/h4-5H,1-3H3,(H2,11,15)/b13-8-. The highest BCUT2D eigenvalue weighted by Crippen LogP contribution is 2.11. The minimum Gasteiger partial charge on any atom is -0.381 e. The summed E-state index contributed by atoms with van der Waals surface area (Å²) in [6, 6.07) is 0. The van der Waals surface area contributed by atoms with Gasteiger partial charge in [-0.3, -0.25) is 9.59 Å². The van der Waals surface area contributed by atoms with Gasteiger partial charge in [0.15, 0.2) is 17.6 Å². The van der Waals surface area contributed by atoms with Crippen LogP contribution in [0.15, 0.2) is 10.5 Å². The third-order valence-corrected chi connectivity index (χ3v) is 2.52. The number of hydrogen-bond donors (Lipinski definition) is 1. The highest BCUT2D eigenvalue weighted by molar-refractivity contribution is 7.09. The van der Waals surface area contributed by atoms with Gasteiger partial charge in [-0.2, -0.15) is 0 Å². The van der Waals surface area contributed by atoms with Gasteiger partial charge in [0.2, 0.25) is 0 Å². The number of nitrogens with two attached hydrogens (primary N) is 1. The Hall–Kier alpha value is -1.76. The number of nitrogens with zero attached hydrogens (tertiary/aromatic N) is 2. The maximum Gasteiger partial charge on any atom is 0.273 e. The summed E-state index contributed by atoms with van der Waals surface area (Å²) < 4.78 is 0. The minimum absolute atomic E-state index is 0.0933. The summed E-state index contributed by atoms with van der Waals surface area (Å²) >= 11 is 1.36. The molecule has 0 saturated heterocycles. The average molecular weight is 255 g/mol. The second-order valence-corrected chi connectivity index (χ2v) is 4.93. The molecule has 1 heterocycles. The van der Waals surface area contributed by atoms with Crippen LogP contribution in [-0.2, 0) is 14.4 Å². The molecule has 1 amide bonds. The van der Waals surface area contributed by atoms with Crippen LogP contribution in [0.4, 0.5) is 0 Å². The van der Waals surface area contributed by atoms with Crippen molar-refractivity contribution in [2.24, 2.45) is 10.9 Å². The zero-order valence-electron chi connectivity index (χ0n) is 9.76. The molecule has 0 unspecified atom stereocenters. The number of hydrogen-bond acceptors (Lipinski definition) is 6. The topological polar surface area (TPSA) is 94.6 Å². The monoisotopic (exact) mass is 255 g/mol. The van der Waals surface area contributed by atoms with Gasteiger partial charge in [0.1, 0.15) is 5.69 Å². The fraction of sp³-hybridized carbons (Fsp3) is 0.400. The van der Waals surface area contributed by atoms with Gasteiger partial charge in [-0.15, -0.1) is 11.3 Å². The zero-order valence-corrected chi connectivity index (χ0v) is 10.6. The van der Waals surface area contributed by atoms with Crippen LogP contribution in [0.3, 0.4) is 0 Å². The SMILES string of the molecule is Cc1nc(/C(=N/OC(C)(C)C=O)C(N)=O)cs1. The van der Waals surface area contributed by atoms with Gasteiger partial charge in [0, 0.05) is 5.38 Å². The van der Waals surface area contributed by atoms with Crippen LogP contribution in [0.2, 0.25) is 0 Å². The van der Waals surface area contributed by atoms with Gasteiger partial charge in [0.05, 0.1) is 5.01 Å². The number of aldehydes is 1. The maximum absolute atomic E-state index is 11.2. The number of oxime groups is 1. The van der Waals surface area contributed by atoms with Crippen molar-refractivity contribution in [3.63, 3.8) is 0 Å². The van der Waals surface area contributed by atoms with Crippen LogP contribution in [0, 0.1) is 6.92 Å². The number of amides is 1. The van der Waals surface area contributed by atoms with E-state index in [1.165, 1.54) is 25.2 Å². The van der Waals surface area contributed by atoms with Gasteiger partial charge in [-0.05, 0) is 20.8 Å². The molecule has 0 aliphatic carbocycles. The highest BCUT2D eigenvalue weighted by Gasteiger charge is 2.21. The number of primary amides is 1. The molecule has 0 atom stereocenters. The van der Waals surface area contributed by atoms with Crippen molar-refractivity contribution in [3.05, 3.63) is 16.1 Å². The van der Waals surface area contributed by atoms with Crippen LogP contribution in [0.25, 0.3) is 0 Å². The molecule has 7 heteroatoms. The second kappa shape index (κ2) is 5.05. The van der Waals surface area contributed by atoms with Gasteiger partial charge < -0.3 is 10.6 Å². The largest absolute Gasteiger partial charge is 0.381 e. The van der Waals surface area contributed by atoms with Crippen molar-refractivity contribution >= 4 is 29.2 Å². The Morgan fingerprint density at radius 1 is 1.65 bits per heavy atom. The fourth-order valence-corrected chi connectivity index (χ4v) is 1.47. The first-order valence-corrected chi connectivity index (χ1v) is 5.68. The summed E-state index contributed by atoms with van der Waals surface area (Å²) in [7, 11) is 0. The summed E-state index contributed by atoms with van der Waals surface area (Å²) in [5.41, 5.74) is 4.33. The molecule has 1 rings (SSSR count). The first-order chi connectivity index (χ1) is 7.85. The summed E-state index contributed by atoms with van der Waals surface area (Å²) in [5.74, 6) is -0.753. The van der Waals surface area contributed by atoms with Crippen molar-refractivity contribution in [3.8, 4) is 0 Å². The molecule has 0 saturated carbocycles. The lowest BCUT2D eigenvalue weighted by Crippen LogP contribution is -2.29. The van der Waals surface area contributed by atoms with E-state index in [4.69, 9.17) is 10.6 Å². The number of aromatic nitrogens is 1. The van der Waals surface area contributed by atoms with Crippen LogP contribution < -0.4 is 5.73 Å². The molecule has 1 aromatic rings. The van der Waals surface area contributed by atoms with Gasteiger partial charge in [-0.25, -0.2) is 4.98 Å². The minimum atomic E-state index is -1.11. The lowest BCUT2D eigenvalue weighted by molar-refractivity contribution is -0.127. The molecule has 0 aliphatic heterocycles. The number of thiazole rings is 1. The quantitative estimate of drug-likeness (QED) is 0.474. The smallest absolute Gasteiger partial charge is 0.273 e. The van der Waals surface area contributed by atoms with Crippen molar-refractivity contribution in [2.75, 3.05) is 0 Å². The van der Waals surface area contributed by atoms with E-state index in [0.717, 1.165) is 5.01 Å². The molecule has 0 fully saturated rings. The van der Waals surface area contributed by atoms with E-state index in [1.54, 1.807) is 12.3 Å². The van der Waals surface area contributed by atoms with Gasteiger partial charge >= 0.3 is 0 Å². The summed E-state index contributed by atoms with van der Waals surface area (Å²) in [6.45, 7) is 4.84. The molecular formula is C10H13N3O3S. The van der Waals surface area contributed by atoms with Crippen molar-refractivity contribution in [2.45, 2.75) is 26.4 Å². The van der Waals surface area contributed by atoms with Gasteiger partial charge in [0.25, 0.3) is 5.91 Å². The zero-order chi connectivity index (χ0) is 13.1. The Morgan fingerprint density at radius 3 is 2.71 bits per heavy atom. The maximum atomic E-state index is 11.2. The molecule has 1 aromatic heterocycles. The van der Waals surface area contributed by atoms with Crippen molar-refractivity contribution in [1.29, 1.82) is 0 Å². The van der Waals surface area contributed by atoms with E-state index in [2.05, 4.69) is 10.1 Å². The average Bonchev–Trinajstić information content (AvgIpc) is 2.64. The first-order valence-electron chi connectivity index (χ1n) is 4.80. The van der Waals surface area contributed by atoms with Crippen molar-refractivity contribution in [1.82, 2.24) is 4.98 Å². The Kier molecular flexibility index (Phi) is 3.95. The predicted octanol–water partition coefficient (Wildman–Crippen LogP) is 0.635. The Balaban J connectivity index is 2.98. The van der Waals surface area contributed by atoms with Crippen LogP contribution in [0.1, 0.15) is 24.5 Å².